The maximum absolute atomic E-state index is 13.2. The van der Waals surface area contributed by atoms with Crippen molar-refractivity contribution < 1.29 is 41.1 Å². The van der Waals surface area contributed by atoms with E-state index in [1.165, 1.54) is 30.3 Å². The summed E-state index contributed by atoms with van der Waals surface area (Å²) in [7, 11) is 0. The van der Waals surface area contributed by atoms with E-state index in [0.717, 1.165) is 18.3 Å². The van der Waals surface area contributed by atoms with Crippen molar-refractivity contribution in [3.63, 3.8) is 0 Å². The summed E-state index contributed by atoms with van der Waals surface area (Å²) in [5.74, 6) is -3.07. The maximum Gasteiger partial charge on any atom is 0.402 e. The number of rotatable bonds is 10. The summed E-state index contributed by atoms with van der Waals surface area (Å²) < 4.78 is 71.1. The summed E-state index contributed by atoms with van der Waals surface area (Å²) in [4.78, 5) is 38.4. The molecule has 230 valence electrons. The molecule has 0 aromatic heterocycles. The number of halogens is 8. The van der Waals surface area contributed by atoms with Gasteiger partial charge in [-0.15, -0.1) is 0 Å². The van der Waals surface area contributed by atoms with Crippen LogP contribution in [0.15, 0.2) is 59.1 Å². The van der Waals surface area contributed by atoms with Gasteiger partial charge >= 0.3 is 6.18 Å². The molecule has 0 unspecified atom stereocenters. The molecule has 3 amide bonds. The van der Waals surface area contributed by atoms with E-state index in [2.05, 4.69) is 31.9 Å². The van der Waals surface area contributed by atoms with Crippen LogP contribution in [0.1, 0.15) is 40.1 Å². The minimum Gasteiger partial charge on any atom is -0.487 e. The van der Waals surface area contributed by atoms with Gasteiger partial charge in [-0.2, -0.15) is 13.2 Å². The fraction of sp³-hybridized carbons (Fsp3) is 0.250. The second-order valence-electron chi connectivity index (χ2n) is 9.53. The lowest BCUT2D eigenvalue weighted by molar-refractivity contribution is -0.211. The van der Waals surface area contributed by atoms with E-state index < -0.39 is 48.9 Å². The maximum atomic E-state index is 13.2. The molecule has 0 aliphatic rings. The Bertz CT molecular complexity index is 1520. The topological polar surface area (TPSA) is 96.5 Å². The van der Waals surface area contributed by atoms with Crippen LogP contribution in [0.2, 0.25) is 10.0 Å². The molecule has 0 saturated carbocycles. The predicted octanol–water partition coefficient (Wildman–Crippen LogP) is 8.11. The van der Waals surface area contributed by atoms with Crippen molar-refractivity contribution in [3.05, 3.63) is 85.8 Å². The molecule has 3 N–H and O–H groups in total. The third-order valence-corrected chi connectivity index (χ3v) is 7.34. The van der Waals surface area contributed by atoms with Gasteiger partial charge in [-0.05, 0) is 67.9 Å². The van der Waals surface area contributed by atoms with Gasteiger partial charge in [-0.3, -0.25) is 14.4 Å². The SMILES string of the molecule is CC(C)(C(=O)NCc1ccc(Cl)c(C(=O)Nc2ccc(OCC(F)F)c(C(=O)Nc3ccc(Br)cc3)c2)c1Cl)C(F)(F)F. The highest BCUT2D eigenvalue weighted by Gasteiger charge is 2.52. The van der Waals surface area contributed by atoms with Crippen LogP contribution in [0.25, 0.3) is 0 Å². The molecule has 15 heteroatoms. The zero-order valence-electron chi connectivity index (χ0n) is 22.3. The average molecular weight is 711 g/mol. The Morgan fingerprint density at radius 3 is 2.12 bits per heavy atom. The van der Waals surface area contributed by atoms with Crippen molar-refractivity contribution >= 4 is 68.2 Å². The molecule has 7 nitrogen and oxygen atoms in total. The first-order chi connectivity index (χ1) is 20.0. The number of carbonyl (C=O) groups excluding carboxylic acids is 3. The molecule has 43 heavy (non-hydrogen) atoms. The van der Waals surface area contributed by atoms with Crippen LogP contribution in [-0.2, 0) is 11.3 Å². The van der Waals surface area contributed by atoms with Crippen molar-refractivity contribution in [2.24, 2.45) is 5.41 Å². The number of benzene rings is 3. The Labute approximate surface area is 261 Å². The summed E-state index contributed by atoms with van der Waals surface area (Å²) in [5.41, 5.74) is -2.59. The first kappa shape index (κ1) is 34.1. The Morgan fingerprint density at radius 2 is 1.51 bits per heavy atom. The summed E-state index contributed by atoms with van der Waals surface area (Å²) >= 11 is 15.8. The summed E-state index contributed by atoms with van der Waals surface area (Å²) in [5, 5.41) is 6.92. The molecule has 0 saturated heterocycles. The smallest absolute Gasteiger partial charge is 0.402 e. The van der Waals surface area contributed by atoms with Crippen molar-refractivity contribution in [2.75, 3.05) is 17.2 Å². The van der Waals surface area contributed by atoms with E-state index in [-0.39, 0.29) is 38.2 Å². The van der Waals surface area contributed by atoms with Crippen molar-refractivity contribution in [1.29, 1.82) is 0 Å². The highest BCUT2D eigenvalue weighted by Crippen LogP contribution is 2.38. The predicted molar refractivity (Wildman–Crippen MR) is 156 cm³/mol. The van der Waals surface area contributed by atoms with Gasteiger partial charge in [0.15, 0.2) is 0 Å². The van der Waals surface area contributed by atoms with Crippen LogP contribution in [-0.4, -0.2) is 36.9 Å². The molecule has 3 aromatic carbocycles. The van der Waals surface area contributed by atoms with Crippen LogP contribution < -0.4 is 20.7 Å². The lowest BCUT2D eigenvalue weighted by atomic mass is 9.91. The summed E-state index contributed by atoms with van der Waals surface area (Å²) in [6.07, 6.45) is -7.62. The molecule has 0 bridgehead atoms. The van der Waals surface area contributed by atoms with E-state index in [0.29, 0.717) is 5.69 Å². The fourth-order valence-electron chi connectivity index (χ4n) is 3.45. The third-order valence-electron chi connectivity index (χ3n) is 6.06. The Morgan fingerprint density at radius 1 is 0.907 bits per heavy atom. The molecule has 0 heterocycles. The number of anilines is 2. The van der Waals surface area contributed by atoms with E-state index in [1.54, 1.807) is 24.3 Å². The van der Waals surface area contributed by atoms with Gasteiger partial charge < -0.3 is 20.7 Å². The minimum absolute atomic E-state index is 0.0353. The molecule has 0 radical (unpaired) electrons. The van der Waals surface area contributed by atoms with E-state index in [4.69, 9.17) is 27.9 Å². The van der Waals surface area contributed by atoms with E-state index >= 15 is 0 Å². The lowest BCUT2D eigenvalue weighted by Gasteiger charge is -2.26. The van der Waals surface area contributed by atoms with E-state index in [1.807, 2.05) is 0 Å². The molecule has 0 fully saturated rings. The van der Waals surface area contributed by atoms with Crippen LogP contribution in [0.3, 0.4) is 0 Å². The first-order valence-corrected chi connectivity index (χ1v) is 13.8. The fourth-order valence-corrected chi connectivity index (χ4v) is 4.33. The van der Waals surface area contributed by atoms with Gasteiger partial charge in [-0.1, -0.05) is 45.2 Å². The van der Waals surface area contributed by atoms with Crippen LogP contribution in [0, 0.1) is 5.41 Å². The monoisotopic (exact) mass is 709 g/mol. The number of carbonyl (C=O) groups is 3. The molecular weight excluding hydrogens is 688 g/mol. The van der Waals surface area contributed by atoms with Gasteiger partial charge in [0.2, 0.25) is 5.91 Å². The number of hydrogen-bond donors (Lipinski definition) is 3. The number of amides is 3. The normalized spacial score (nSPS) is 11.7. The molecular formula is C28H23BrCl2F5N3O4. The Balaban J connectivity index is 1.86. The second-order valence-corrected chi connectivity index (χ2v) is 11.2. The van der Waals surface area contributed by atoms with Gasteiger partial charge in [0, 0.05) is 22.4 Å². The highest BCUT2D eigenvalue weighted by molar-refractivity contribution is 9.10. The molecule has 0 aliphatic heterocycles. The van der Waals surface area contributed by atoms with Gasteiger partial charge in [0.1, 0.15) is 17.8 Å². The Kier molecular flexibility index (Phi) is 11.0. The molecule has 3 rings (SSSR count). The Hall–Kier alpha value is -3.42. The van der Waals surface area contributed by atoms with Gasteiger partial charge in [0.25, 0.3) is 18.2 Å². The summed E-state index contributed by atoms with van der Waals surface area (Å²) in [6, 6.07) is 12.8. The van der Waals surface area contributed by atoms with Crippen LogP contribution in [0.5, 0.6) is 5.75 Å². The number of ether oxygens (including phenoxy) is 1. The zero-order valence-corrected chi connectivity index (χ0v) is 25.4. The van der Waals surface area contributed by atoms with Crippen molar-refractivity contribution in [1.82, 2.24) is 5.32 Å². The zero-order chi connectivity index (χ0) is 32.1. The quantitative estimate of drug-likeness (QED) is 0.185. The largest absolute Gasteiger partial charge is 0.487 e. The van der Waals surface area contributed by atoms with Crippen molar-refractivity contribution in [3.8, 4) is 5.75 Å². The second kappa shape index (κ2) is 13.9. The minimum atomic E-state index is -4.81. The molecule has 3 aromatic rings. The standard InChI is InChI=1S/C28H23BrCl2F5N3O4/c1-27(2,28(34,35)36)26(42)37-12-14-3-9-19(30)22(23(14)31)25(41)39-17-8-10-20(43-13-21(32)33)18(11-17)24(40)38-16-6-4-15(29)5-7-16/h3-11,21H,12-13H2,1-2H3,(H,37,42)(H,38,40)(H,39,41). The van der Waals surface area contributed by atoms with Crippen LogP contribution in [0.4, 0.5) is 33.3 Å². The van der Waals surface area contributed by atoms with Gasteiger partial charge in [0.05, 0.1) is 21.2 Å². The molecule has 0 atom stereocenters. The number of nitrogens with one attached hydrogen (secondary N) is 3. The molecule has 0 spiro atoms. The van der Waals surface area contributed by atoms with Crippen LogP contribution >= 0.6 is 39.1 Å². The number of hydrogen-bond acceptors (Lipinski definition) is 4. The molecule has 0 aliphatic carbocycles. The number of alkyl halides is 5. The lowest BCUT2D eigenvalue weighted by Crippen LogP contribution is -2.46. The van der Waals surface area contributed by atoms with Gasteiger partial charge in [-0.25, -0.2) is 8.78 Å². The van der Waals surface area contributed by atoms with Crippen molar-refractivity contribution in [2.45, 2.75) is 33.0 Å². The third kappa shape index (κ3) is 8.58. The summed E-state index contributed by atoms with van der Waals surface area (Å²) in [6.45, 7) is 0.0218. The first-order valence-electron chi connectivity index (χ1n) is 12.3. The van der Waals surface area contributed by atoms with E-state index in [9.17, 15) is 36.3 Å². The average Bonchev–Trinajstić information content (AvgIpc) is 2.92. The highest BCUT2D eigenvalue weighted by atomic mass is 79.9.